The van der Waals surface area contributed by atoms with Crippen LogP contribution in [-0.2, 0) is 9.59 Å². The van der Waals surface area contributed by atoms with E-state index in [1.54, 1.807) is 0 Å². The van der Waals surface area contributed by atoms with Gasteiger partial charge in [0.2, 0.25) is 5.79 Å². The van der Waals surface area contributed by atoms with E-state index < -0.39 is 17.8 Å². The molecule has 0 aromatic rings. The van der Waals surface area contributed by atoms with Crippen molar-refractivity contribution in [2.45, 2.75) is 24.7 Å². The fraction of sp³-hybridized carbons (Fsp3) is 0.667. The summed E-state index contributed by atoms with van der Waals surface area (Å²) in [5.41, 5.74) is 5.04. The zero-order chi connectivity index (χ0) is 9.78. The van der Waals surface area contributed by atoms with E-state index in [9.17, 15) is 9.59 Å². The minimum absolute atomic E-state index is 0.0679. The number of rotatable bonds is 5. The van der Waals surface area contributed by atoms with Gasteiger partial charge in [-0.15, -0.1) is 0 Å². The van der Waals surface area contributed by atoms with E-state index in [4.69, 9.17) is 21.1 Å². The second kappa shape index (κ2) is 4.15. The smallest absolute Gasteiger partial charge is 0.320 e. The van der Waals surface area contributed by atoms with Gasteiger partial charge in [-0.3, -0.25) is 9.59 Å². The molecule has 0 unspecified atom stereocenters. The molecular formula is C6H11NO5. The molecule has 70 valence electrons. The number of nitrogens with two attached hydrogens (primary N) is 1. The maximum Gasteiger partial charge on any atom is 0.320 e. The molecule has 0 aliphatic rings. The average molecular weight is 177 g/mol. The Morgan fingerprint density at radius 1 is 1.58 bits per heavy atom. The molecule has 0 aliphatic carbocycles. The van der Waals surface area contributed by atoms with Gasteiger partial charge in [0.1, 0.15) is 6.04 Å². The van der Waals surface area contributed by atoms with Crippen LogP contribution in [-0.4, -0.2) is 39.4 Å². The molecule has 0 bridgehead atoms. The number of carbonyl (C=O) groups excluding carboxylic acids is 1. The molecule has 0 amide bonds. The highest BCUT2D eigenvalue weighted by Crippen LogP contribution is 2.07. The molecule has 0 saturated carbocycles. The van der Waals surface area contributed by atoms with Crippen LogP contribution in [0.25, 0.3) is 0 Å². The van der Waals surface area contributed by atoms with Crippen LogP contribution in [0.5, 0.6) is 0 Å². The molecule has 0 heterocycles. The molecule has 0 fully saturated rings. The van der Waals surface area contributed by atoms with Gasteiger partial charge >= 0.3 is 5.97 Å². The van der Waals surface area contributed by atoms with Gasteiger partial charge in [-0.2, -0.15) is 0 Å². The van der Waals surface area contributed by atoms with Gasteiger partial charge < -0.3 is 21.1 Å². The van der Waals surface area contributed by atoms with Gasteiger partial charge in [0.05, 0.1) is 0 Å². The Morgan fingerprint density at radius 2 is 2.08 bits per heavy atom. The zero-order valence-electron chi connectivity index (χ0n) is 6.30. The van der Waals surface area contributed by atoms with Gasteiger partial charge in [-0.05, 0) is 6.42 Å². The largest absolute Gasteiger partial charge is 0.480 e. The highest BCUT2D eigenvalue weighted by Gasteiger charge is 2.24. The number of hydrogen-bond donors (Lipinski definition) is 4. The SMILES string of the molecule is N[C@@H](CCC(O)(O)C=O)C(=O)O. The number of hydrogen-bond acceptors (Lipinski definition) is 5. The van der Waals surface area contributed by atoms with E-state index in [0.717, 1.165) is 0 Å². The van der Waals surface area contributed by atoms with Crippen LogP contribution < -0.4 is 5.73 Å². The van der Waals surface area contributed by atoms with Gasteiger partial charge in [0.25, 0.3) is 0 Å². The number of aldehydes is 1. The summed E-state index contributed by atoms with van der Waals surface area (Å²) in [6.07, 6.45) is -0.618. The molecule has 6 nitrogen and oxygen atoms in total. The number of carbonyl (C=O) groups is 2. The molecule has 0 aromatic carbocycles. The van der Waals surface area contributed by atoms with Crippen molar-refractivity contribution in [1.29, 1.82) is 0 Å². The first-order valence-corrected chi connectivity index (χ1v) is 3.28. The minimum atomic E-state index is -2.47. The van der Waals surface area contributed by atoms with Crippen molar-refractivity contribution in [2.75, 3.05) is 0 Å². The number of carboxylic acid groups (broad SMARTS) is 1. The highest BCUT2D eigenvalue weighted by atomic mass is 16.5. The molecule has 12 heavy (non-hydrogen) atoms. The summed E-state index contributed by atoms with van der Waals surface area (Å²) in [5.74, 6) is -3.70. The Morgan fingerprint density at radius 3 is 2.42 bits per heavy atom. The highest BCUT2D eigenvalue weighted by molar-refractivity contribution is 5.73. The predicted molar refractivity (Wildman–Crippen MR) is 38.1 cm³/mol. The van der Waals surface area contributed by atoms with Crippen LogP contribution in [0.15, 0.2) is 0 Å². The van der Waals surface area contributed by atoms with E-state index in [2.05, 4.69) is 0 Å². The standard InChI is InChI=1S/C6H11NO5/c7-4(5(9)10)1-2-6(11,12)3-8/h3-4,11-12H,1-2,7H2,(H,9,10)/t4-/m0/s1. The molecular weight excluding hydrogens is 166 g/mol. The third kappa shape index (κ3) is 4.02. The lowest BCUT2D eigenvalue weighted by molar-refractivity contribution is -0.172. The van der Waals surface area contributed by atoms with E-state index in [1.807, 2.05) is 0 Å². The zero-order valence-corrected chi connectivity index (χ0v) is 6.30. The fourth-order valence-corrected chi connectivity index (χ4v) is 0.550. The Labute approximate surface area is 68.6 Å². The molecule has 0 saturated heterocycles. The lowest BCUT2D eigenvalue weighted by Crippen LogP contribution is -2.36. The van der Waals surface area contributed by atoms with Crippen molar-refractivity contribution in [3.05, 3.63) is 0 Å². The predicted octanol–water partition coefficient (Wildman–Crippen LogP) is -1.94. The number of aliphatic carboxylic acids is 1. The maximum absolute atomic E-state index is 10.1. The van der Waals surface area contributed by atoms with Crippen LogP contribution >= 0.6 is 0 Å². The molecule has 0 radical (unpaired) electrons. The van der Waals surface area contributed by atoms with Crippen molar-refractivity contribution in [2.24, 2.45) is 5.73 Å². The maximum atomic E-state index is 10.1. The van der Waals surface area contributed by atoms with Crippen LogP contribution in [0.3, 0.4) is 0 Å². The Balaban J connectivity index is 3.83. The van der Waals surface area contributed by atoms with Gasteiger partial charge in [-0.1, -0.05) is 0 Å². The van der Waals surface area contributed by atoms with E-state index in [-0.39, 0.29) is 19.1 Å². The van der Waals surface area contributed by atoms with Crippen LogP contribution in [0.2, 0.25) is 0 Å². The topological polar surface area (TPSA) is 121 Å². The summed E-state index contributed by atoms with van der Waals surface area (Å²) in [4.78, 5) is 20.0. The normalized spacial score (nSPS) is 13.9. The van der Waals surface area contributed by atoms with Crippen molar-refractivity contribution in [3.8, 4) is 0 Å². The summed E-state index contributed by atoms with van der Waals surface area (Å²) in [6.45, 7) is 0. The first kappa shape index (κ1) is 11.0. The quantitative estimate of drug-likeness (QED) is 0.286. The van der Waals surface area contributed by atoms with E-state index in [0.29, 0.717) is 0 Å². The summed E-state index contributed by atoms with van der Waals surface area (Å²) in [7, 11) is 0. The second-order valence-corrected chi connectivity index (χ2v) is 2.48. The lowest BCUT2D eigenvalue weighted by Gasteiger charge is -2.14. The van der Waals surface area contributed by atoms with Crippen LogP contribution in [0.4, 0.5) is 0 Å². The van der Waals surface area contributed by atoms with Crippen LogP contribution in [0, 0.1) is 0 Å². The van der Waals surface area contributed by atoms with Crippen molar-refractivity contribution < 1.29 is 24.9 Å². The Bertz CT molecular complexity index is 179. The van der Waals surface area contributed by atoms with Crippen molar-refractivity contribution >= 4 is 12.3 Å². The van der Waals surface area contributed by atoms with Gasteiger partial charge in [0.15, 0.2) is 6.29 Å². The van der Waals surface area contributed by atoms with Crippen LogP contribution in [0.1, 0.15) is 12.8 Å². The fourth-order valence-electron chi connectivity index (χ4n) is 0.550. The third-order valence-electron chi connectivity index (χ3n) is 1.33. The molecule has 0 spiro atoms. The second-order valence-electron chi connectivity index (χ2n) is 2.48. The van der Waals surface area contributed by atoms with E-state index in [1.165, 1.54) is 0 Å². The Hall–Kier alpha value is -0.980. The number of aliphatic hydroxyl groups is 2. The molecule has 0 rings (SSSR count). The van der Waals surface area contributed by atoms with Gasteiger partial charge in [-0.25, -0.2) is 0 Å². The molecule has 6 heteroatoms. The summed E-state index contributed by atoms with van der Waals surface area (Å²) in [6, 6.07) is -1.18. The number of carboxylic acids is 1. The van der Waals surface area contributed by atoms with Gasteiger partial charge in [0, 0.05) is 6.42 Å². The third-order valence-corrected chi connectivity index (χ3v) is 1.33. The molecule has 5 N–H and O–H groups in total. The monoisotopic (exact) mass is 177 g/mol. The Kier molecular flexibility index (Phi) is 3.81. The molecule has 0 aliphatic heterocycles. The minimum Gasteiger partial charge on any atom is -0.480 e. The van der Waals surface area contributed by atoms with E-state index >= 15 is 0 Å². The molecule has 0 aromatic heterocycles. The first-order chi connectivity index (χ1) is 5.39. The summed E-state index contributed by atoms with van der Waals surface area (Å²) >= 11 is 0. The first-order valence-electron chi connectivity index (χ1n) is 3.28. The molecule has 1 atom stereocenters. The summed E-state index contributed by atoms with van der Waals surface area (Å²) in [5, 5.41) is 25.7. The lowest BCUT2D eigenvalue weighted by atomic mass is 10.1. The average Bonchev–Trinajstić information content (AvgIpc) is 2.00. The van der Waals surface area contributed by atoms with Crippen molar-refractivity contribution in [1.82, 2.24) is 0 Å². The van der Waals surface area contributed by atoms with Crippen molar-refractivity contribution in [3.63, 3.8) is 0 Å². The summed E-state index contributed by atoms with van der Waals surface area (Å²) < 4.78 is 0.